The molecule has 2 aromatic rings. The Balaban J connectivity index is 2.09. The number of nitrogens with one attached hydrogen (secondary N) is 2. The molecule has 0 saturated heterocycles. The van der Waals surface area contributed by atoms with Gasteiger partial charge < -0.3 is 10.6 Å². The standard InChI is InChI=1S/C17H17N3O2/c1-13(21)20-16(11-14-5-3-2-4-6-14)17(22)19-12-15-7-9-18-10-8-15/h2-11H,12H2,1H3,(H,19,22)(H,20,21)/b16-11-. The van der Waals surface area contributed by atoms with E-state index < -0.39 is 0 Å². The fraction of sp³-hybridized carbons (Fsp3) is 0.118. The van der Waals surface area contributed by atoms with E-state index in [1.165, 1.54) is 6.92 Å². The maximum atomic E-state index is 12.2. The van der Waals surface area contributed by atoms with Crippen molar-refractivity contribution in [2.45, 2.75) is 13.5 Å². The first-order valence-electron chi connectivity index (χ1n) is 6.86. The summed E-state index contributed by atoms with van der Waals surface area (Å²) >= 11 is 0. The van der Waals surface area contributed by atoms with E-state index in [0.717, 1.165) is 11.1 Å². The number of carbonyl (C=O) groups is 2. The van der Waals surface area contributed by atoms with Crippen LogP contribution in [0.4, 0.5) is 0 Å². The van der Waals surface area contributed by atoms with Gasteiger partial charge in [0.05, 0.1) is 0 Å². The normalized spacial score (nSPS) is 10.9. The SMILES string of the molecule is CC(=O)N/C(=C\c1ccccc1)C(=O)NCc1ccncc1. The van der Waals surface area contributed by atoms with E-state index in [4.69, 9.17) is 0 Å². The lowest BCUT2D eigenvalue weighted by Crippen LogP contribution is -2.33. The molecule has 0 spiro atoms. The average molecular weight is 295 g/mol. The van der Waals surface area contributed by atoms with Crippen molar-refractivity contribution in [3.05, 3.63) is 71.7 Å². The van der Waals surface area contributed by atoms with Gasteiger partial charge in [-0.25, -0.2) is 0 Å². The van der Waals surface area contributed by atoms with E-state index in [1.807, 2.05) is 42.5 Å². The Morgan fingerprint density at radius 2 is 1.77 bits per heavy atom. The van der Waals surface area contributed by atoms with E-state index in [2.05, 4.69) is 15.6 Å². The van der Waals surface area contributed by atoms with Gasteiger partial charge in [-0.2, -0.15) is 0 Å². The third-order valence-corrected chi connectivity index (χ3v) is 2.87. The van der Waals surface area contributed by atoms with Crippen LogP contribution in [0.5, 0.6) is 0 Å². The summed E-state index contributed by atoms with van der Waals surface area (Å²) in [6.07, 6.45) is 4.97. The van der Waals surface area contributed by atoms with Crippen molar-refractivity contribution in [1.29, 1.82) is 0 Å². The minimum Gasteiger partial charge on any atom is -0.347 e. The van der Waals surface area contributed by atoms with Gasteiger partial charge in [0.15, 0.2) is 0 Å². The Hall–Kier alpha value is -2.95. The molecule has 0 atom stereocenters. The second kappa shape index (κ2) is 7.73. The fourth-order valence-electron chi connectivity index (χ4n) is 1.84. The van der Waals surface area contributed by atoms with Gasteiger partial charge in [-0.1, -0.05) is 30.3 Å². The number of aromatic nitrogens is 1. The minimum absolute atomic E-state index is 0.216. The van der Waals surface area contributed by atoms with Crippen molar-refractivity contribution >= 4 is 17.9 Å². The number of benzene rings is 1. The Morgan fingerprint density at radius 1 is 1.09 bits per heavy atom. The molecule has 2 rings (SSSR count). The van der Waals surface area contributed by atoms with Gasteiger partial charge in [0.1, 0.15) is 5.70 Å². The Morgan fingerprint density at radius 3 is 2.41 bits per heavy atom. The maximum Gasteiger partial charge on any atom is 0.268 e. The van der Waals surface area contributed by atoms with Crippen molar-refractivity contribution in [1.82, 2.24) is 15.6 Å². The molecular formula is C17H17N3O2. The van der Waals surface area contributed by atoms with Crippen molar-refractivity contribution in [2.24, 2.45) is 0 Å². The average Bonchev–Trinajstić information content (AvgIpc) is 2.53. The van der Waals surface area contributed by atoms with Crippen LogP contribution in [0.3, 0.4) is 0 Å². The largest absolute Gasteiger partial charge is 0.347 e. The first-order valence-corrected chi connectivity index (χ1v) is 6.86. The molecule has 2 amide bonds. The number of nitrogens with zero attached hydrogens (tertiary/aromatic N) is 1. The van der Waals surface area contributed by atoms with Crippen molar-refractivity contribution in [3.8, 4) is 0 Å². The molecule has 112 valence electrons. The van der Waals surface area contributed by atoms with Crippen LogP contribution < -0.4 is 10.6 Å². The van der Waals surface area contributed by atoms with Crippen LogP contribution in [0.15, 0.2) is 60.6 Å². The summed E-state index contributed by atoms with van der Waals surface area (Å²) in [6.45, 7) is 1.74. The summed E-state index contributed by atoms with van der Waals surface area (Å²) in [7, 11) is 0. The smallest absolute Gasteiger partial charge is 0.268 e. The van der Waals surface area contributed by atoms with Crippen LogP contribution in [0, 0.1) is 0 Å². The lowest BCUT2D eigenvalue weighted by molar-refractivity contribution is -0.122. The molecule has 0 unspecified atom stereocenters. The molecule has 0 aliphatic rings. The van der Waals surface area contributed by atoms with E-state index in [9.17, 15) is 9.59 Å². The highest BCUT2D eigenvalue weighted by atomic mass is 16.2. The molecular weight excluding hydrogens is 278 g/mol. The summed E-state index contributed by atoms with van der Waals surface area (Å²) < 4.78 is 0. The van der Waals surface area contributed by atoms with E-state index in [1.54, 1.807) is 18.5 Å². The highest BCUT2D eigenvalue weighted by Crippen LogP contribution is 2.05. The van der Waals surface area contributed by atoms with Crippen molar-refractivity contribution < 1.29 is 9.59 Å². The molecule has 0 radical (unpaired) electrons. The van der Waals surface area contributed by atoms with Crippen LogP contribution in [0.1, 0.15) is 18.1 Å². The van der Waals surface area contributed by atoms with Gasteiger partial charge in [0, 0.05) is 25.9 Å². The molecule has 1 aromatic heterocycles. The minimum atomic E-state index is -0.337. The van der Waals surface area contributed by atoms with Crippen LogP contribution in [-0.4, -0.2) is 16.8 Å². The molecule has 1 heterocycles. The molecule has 0 aliphatic carbocycles. The van der Waals surface area contributed by atoms with Gasteiger partial charge in [-0.15, -0.1) is 0 Å². The zero-order valence-corrected chi connectivity index (χ0v) is 12.2. The predicted octanol–water partition coefficient (Wildman–Crippen LogP) is 1.88. The topological polar surface area (TPSA) is 71.1 Å². The number of pyridine rings is 1. The molecule has 1 aromatic carbocycles. The van der Waals surface area contributed by atoms with Crippen molar-refractivity contribution in [2.75, 3.05) is 0 Å². The highest BCUT2D eigenvalue weighted by Gasteiger charge is 2.10. The fourth-order valence-corrected chi connectivity index (χ4v) is 1.84. The maximum absolute atomic E-state index is 12.2. The summed E-state index contributed by atoms with van der Waals surface area (Å²) in [5.41, 5.74) is 1.99. The van der Waals surface area contributed by atoms with Crippen LogP contribution in [-0.2, 0) is 16.1 Å². The Kier molecular flexibility index (Phi) is 5.43. The first-order chi connectivity index (χ1) is 10.6. The number of carbonyl (C=O) groups excluding carboxylic acids is 2. The van der Waals surface area contributed by atoms with Crippen LogP contribution in [0.2, 0.25) is 0 Å². The van der Waals surface area contributed by atoms with Crippen molar-refractivity contribution in [3.63, 3.8) is 0 Å². The molecule has 2 N–H and O–H groups in total. The summed E-state index contributed by atoms with van der Waals surface area (Å²) in [6, 6.07) is 13.0. The first kappa shape index (κ1) is 15.4. The Bertz CT molecular complexity index is 667. The quantitative estimate of drug-likeness (QED) is 0.827. The Labute approximate surface area is 129 Å². The number of amides is 2. The van der Waals surface area contributed by atoms with E-state index in [-0.39, 0.29) is 17.5 Å². The zero-order valence-electron chi connectivity index (χ0n) is 12.2. The monoisotopic (exact) mass is 295 g/mol. The summed E-state index contributed by atoms with van der Waals surface area (Å²) in [5.74, 6) is -0.628. The van der Waals surface area contributed by atoms with Gasteiger partial charge >= 0.3 is 0 Å². The number of hydrogen-bond donors (Lipinski definition) is 2. The molecule has 0 bridgehead atoms. The second-order valence-corrected chi connectivity index (χ2v) is 4.69. The van der Waals surface area contributed by atoms with Gasteiger partial charge in [0.25, 0.3) is 5.91 Å². The molecule has 5 nitrogen and oxygen atoms in total. The molecule has 0 aliphatic heterocycles. The molecule has 5 heteroatoms. The molecule has 0 saturated carbocycles. The zero-order chi connectivity index (χ0) is 15.8. The number of hydrogen-bond acceptors (Lipinski definition) is 3. The summed E-state index contributed by atoms with van der Waals surface area (Å²) in [4.78, 5) is 27.5. The van der Waals surface area contributed by atoms with E-state index >= 15 is 0 Å². The third-order valence-electron chi connectivity index (χ3n) is 2.87. The van der Waals surface area contributed by atoms with Gasteiger partial charge in [-0.05, 0) is 29.3 Å². The number of rotatable bonds is 5. The highest BCUT2D eigenvalue weighted by molar-refractivity contribution is 6.00. The summed E-state index contributed by atoms with van der Waals surface area (Å²) in [5, 5.41) is 5.34. The third kappa shape index (κ3) is 4.86. The van der Waals surface area contributed by atoms with Gasteiger partial charge in [-0.3, -0.25) is 14.6 Å². The lowest BCUT2D eigenvalue weighted by Gasteiger charge is -2.09. The predicted molar refractivity (Wildman–Crippen MR) is 84.3 cm³/mol. The van der Waals surface area contributed by atoms with Gasteiger partial charge in [0.2, 0.25) is 5.91 Å². The van der Waals surface area contributed by atoms with E-state index in [0.29, 0.717) is 6.54 Å². The lowest BCUT2D eigenvalue weighted by atomic mass is 10.2. The molecule has 0 fully saturated rings. The van der Waals surface area contributed by atoms with Crippen LogP contribution >= 0.6 is 0 Å². The second-order valence-electron chi connectivity index (χ2n) is 4.69. The molecule has 22 heavy (non-hydrogen) atoms. The van der Waals surface area contributed by atoms with Crippen LogP contribution in [0.25, 0.3) is 6.08 Å².